The summed E-state index contributed by atoms with van der Waals surface area (Å²) in [7, 11) is 0. The Balaban J connectivity index is 1.74. The molecule has 0 aliphatic heterocycles. The maximum atomic E-state index is 5.93. The van der Waals surface area contributed by atoms with Gasteiger partial charge in [0.1, 0.15) is 0 Å². The van der Waals surface area contributed by atoms with Gasteiger partial charge >= 0.3 is 0 Å². The van der Waals surface area contributed by atoms with E-state index in [-0.39, 0.29) is 0 Å². The van der Waals surface area contributed by atoms with Crippen molar-refractivity contribution in [3.05, 3.63) is 28.2 Å². The van der Waals surface area contributed by atoms with Crippen LogP contribution in [0.2, 0.25) is 10.0 Å². The lowest BCUT2D eigenvalue weighted by molar-refractivity contribution is 0.726. The lowest BCUT2D eigenvalue weighted by atomic mass is 10.4. The summed E-state index contributed by atoms with van der Waals surface area (Å²) < 4.78 is 0. The van der Waals surface area contributed by atoms with Crippen molar-refractivity contribution in [1.82, 2.24) is 5.32 Å². The lowest BCUT2D eigenvalue weighted by Gasteiger charge is -2.04. The van der Waals surface area contributed by atoms with Gasteiger partial charge in [-0.3, -0.25) is 0 Å². The Morgan fingerprint density at radius 2 is 2.07 bits per heavy atom. The van der Waals surface area contributed by atoms with E-state index in [0.29, 0.717) is 10.0 Å². The Morgan fingerprint density at radius 3 is 2.73 bits per heavy atom. The molecule has 1 N–H and O–H groups in total. The number of halogens is 2. The number of thioether (sulfide) groups is 1. The molecule has 1 saturated carbocycles. The SMILES string of the molecule is Clc1ccc(SCCNC2CC2)cc1Cl. The summed E-state index contributed by atoms with van der Waals surface area (Å²) in [4.78, 5) is 1.18. The summed E-state index contributed by atoms with van der Waals surface area (Å²) >= 11 is 13.6. The van der Waals surface area contributed by atoms with Gasteiger partial charge in [-0.25, -0.2) is 0 Å². The molecule has 1 aliphatic carbocycles. The molecule has 0 spiro atoms. The van der Waals surface area contributed by atoms with E-state index in [0.717, 1.165) is 18.3 Å². The molecule has 0 atom stereocenters. The first-order chi connectivity index (χ1) is 7.25. The number of hydrogen-bond acceptors (Lipinski definition) is 2. The smallest absolute Gasteiger partial charge is 0.0603 e. The third-order valence-electron chi connectivity index (χ3n) is 2.27. The predicted molar refractivity (Wildman–Crippen MR) is 68.2 cm³/mol. The van der Waals surface area contributed by atoms with Crippen LogP contribution in [0.15, 0.2) is 23.1 Å². The maximum Gasteiger partial charge on any atom is 0.0603 e. The topological polar surface area (TPSA) is 12.0 Å². The maximum absolute atomic E-state index is 5.93. The first-order valence-electron chi connectivity index (χ1n) is 5.07. The molecule has 2 rings (SSSR count). The first kappa shape index (κ1) is 11.6. The highest BCUT2D eigenvalue weighted by atomic mass is 35.5. The zero-order valence-corrected chi connectivity index (χ0v) is 10.6. The summed E-state index contributed by atoms with van der Waals surface area (Å²) in [6.07, 6.45) is 2.69. The summed E-state index contributed by atoms with van der Waals surface area (Å²) in [6.45, 7) is 1.07. The molecular formula is C11H13Cl2NS. The number of benzene rings is 1. The van der Waals surface area contributed by atoms with Crippen LogP contribution in [0.3, 0.4) is 0 Å². The standard InChI is InChI=1S/C11H13Cl2NS/c12-10-4-3-9(7-11(10)13)15-6-5-14-8-1-2-8/h3-4,7-8,14H,1-2,5-6H2. The normalized spacial score (nSPS) is 15.6. The minimum Gasteiger partial charge on any atom is -0.313 e. The molecule has 1 aromatic rings. The van der Waals surface area contributed by atoms with E-state index in [1.165, 1.54) is 17.7 Å². The zero-order chi connectivity index (χ0) is 10.7. The van der Waals surface area contributed by atoms with Gasteiger partial charge in [0.15, 0.2) is 0 Å². The van der Waals surface area contributed by atoms with Gasteiger partial charge in [-0.1, -0.05) is 23.2 Å². The molecule has 0 bridgehead atoms. The van der Waals surface area contributed by atoms with E-state index >= 15 is 0 Å². The Labute approximate surface area is 105 Å². The molecule has 1 aliphatic rings. The fraction of sp³-hybridized carbons (Fsp3) is 0.455. The zero-order valence-electron chi connectivity index (χ0n) is 8.30. The van der Waals surface area contributed by atoms with E-state index in [4.69, 9.17) is 23.2 Å². The second-order valence-corrected chi connectivity index (χ2v) is 5.64. The van der Waals surface area contributed by atoms with Crippen LogP contribution in [-0.2, 0) is 0 Å². The monoisotopic (exact) mass is 261 g/mol. The van der Waals surface area contributed by atoms with E-state index in [9.17, 15) is 0 Å². The van der Waals surface area contributed by atoms with E-state index < -0.39 is 0 Å². The first-order valence-corrected chi connectivity index (χ1v) is 6.81. The van der Waals surface area contributed by atoms with Crippen LogP contribution in [0.5, 0.6) is 0 Å². The van der Waals surface area contributed by atoms with Crippen LogP contribution < -0.4 is 5.32 Å². The van der Waals surface area contributed by atoms with E-state index in [1.807, 2.05) is 30.0 Å². The van der Waals surface area contributed by atoms with Gasteiger partial charge in [-0.05, 0) is 31.0 Å². The van der Waals surface area contributed by atoms with Gasteiger partial charge in [0.05, 0.1) is 10.0 Å². The summed E-state index contributed by atoms with van der Waals surface area (Å²) in [6, 6.07) is 6.57. The van der Waals surface area contributed by atoms with Gasteiger partial charge in [0, 0.05) is 23.2 Å². The van der Waals surface area contributed by atoms with Gasteiger partial charge < -0.3 is 5.32 Å². The lowest BCUT2D eigenvalue weighted by Crippen LogP contribution is -2.18. The number of nitrogens with one attached hydrogen (secondary N) is 1. The highest BCUT2D eigenvalue weighted by Gasteiger charge is 2.19. The molecule has 0 amide bonds. The minimum absolute atomic E-state index is 0.622. The van der Waals surface area contributed by atoms with Gasteiger partial charge in [-0.2, -0.15) is 0 Å². The fourth-order valence-corrected chi connectivity index (χ4v) is 2.47. The third-order valence-corrected chi connectivity index (χ3v) is 4.01. The Hall–Kier alpha value is 0.110. The molecule has 0 heterocycles. The van der Waals surface area contributed by atoms with Crippen molar-refractivity contribution in [1.29, 1.82) is 0 Å². The fourth-order valence-electron chi connectivity index (χ4n) is 1.29. The van der Waals surface area contributed by atoms with Gasteiger partial charge in [-0.15, -0.1) is 11.8 Å². The average Bonchev–Trinajstić information content (AvgIpc) is 3.02. The molecule has 82 valence electrons. The molecule has 0 saturated heterocycles. The molecule has 1 aromatic carbocycles. The Morgan fingerprint density at radius 1 is 1.27 bits per heavy atom. The number of rotatable bonds is 5. The quantitative estimate of drug-likeness (QED) is 0.639. The van der Waals surface area contributed by atoms with Crippen molar-refractivity contribution in [2.45, 2.75) is 23.8 Å². The molecule has 0 radical (unpaired) electrons. The Kier molecular flexibility index (Phi) is 4.21. The van der Waals surface area contributed by atoms with Crippen molar-refractivity contribution in [2.24, 2.45) is 0 Å². The Bertz CT molecular complexity index is 339. The van der Waals surface area contributed by atoms with Crippen LogP contribution >= 0.6 is 35.0 Å². The molecule has 0 unspecified atom stereocenters. The predicted octanol–water partition coefficient (Wildman–Crippen LogP) is 3.84. The molecular weight excluding hydrogens is 249 g/mol. The van der Waals surface area contributed by atoms with Crippen molar-refractivity contribution in [3.8, 4) is 0 Å². The summed E-state index contributed by atoms with van der Waals surface area (Å²) in [5, 5.41) is 4.73. The van der Waals surface area contributed by atoms with E-state index in [2.05, 4.69) is 5.32 Å². The second kappa shape index (κ2) is 5.44. The van der Waals surface area contributed by atoms with Crippen LogP contribution in [0, 0.1) is 0 Å². The van der Waals surface area contributed by atoms with Crippen LogP contribution in [0.4, 0.5) is 0 Å². The van der Waals surface area contributed by atoms with Crippen molar-refractivity contribution < 1.29 is 0 Å². The number of hydrogen-bond donors (Lipinski definition) is 1. The second-order valence-electron chi connectivity index (χ2n) is 3.65. The summed E-state index contributed by atoms with van der Waals surface area (Å²) in [5.74, 6) is 1.08. The highest BCUT2D eigenvalue weighted by molar-refractivity contribution is 7.99. The average molecular weight is 262 g/mol. The van der Waals surface area contributed by atoms with Crippen molar-refractivity contribution in [2.75, 3.05) is 12.3 Å². The molecule has 0 aromatic heterocycles. The van der Waals surface area contributed by atoms with Crippen LogP contribution in [-0.4, -0.2) is 18.3 Å². The summed E-state index contributed by atoms with van der Waals surface area (Å²) in [5.41, 5.74) is 0. The molecule has 15 heavy (non-hydrogen) atoms. The molecule has 4 heteroatoms. The van der Waals surface area contributed by atoms with Crippen LogP contribution in [0.1, 0.15) is 12.8 Å². The van der Waals surface area contributed by atoms with Crippen LogP contribution in [0.25, 0.3) is 0 Å². The largest absolute Gasteiger partial charge is 0.313 e. The van der Waals surface area contributed by atoms with E-state index in [1.54, 1.807) is 0 Å². The van der Waals surface area contributed by atoms with Crippen molar-refractivity contribution in [3.63, 3.8) is 0 Å². The highest BCUT2D eigenvalue weighted by Crippen LogP contribution is 2.27. The van der Waals surface area contributed by atoms with Gasteiger partial charge in [0.25, 0.3) is 0 Å². The third kappa shape index (κ3) is 3.87. The molecule has 1 fully saturated rings. The minimum atomic E-state index is 0.622. The molecule has 1 nitrogen and oxygen atoms in total. The van der Waals surface area contributed by atoms with Gasteiger partial charge in [0.2, 0.25) is 0 Å². The van der Waals surface area contributed by atoms with Crippen molar-refractivity contribution >= 4 is 35.0 Å².